The van der Waals surface area contributed by atoms with E-state index in [9.17, 15) is 4.79 Å². The van der Waals surface area contributed by atoms with Gasteiger partial charge in [0.25, 0.3) is 5.56 Å². The first-order valence-electron chi connectivity index (χ1n) is 9.62. The Morgan fingerprint density at radius 2 is 2.32 bits per heavy atom. The highest BCUT2D eigenvalue weighted by Gasteiger charge is 2.25. The molecule has 3 aromatic rings. The van der Waals surface area contributed by atoms with E-state index in [0.717, 1.165) is 54.6 Å². The Kier molecular flexibility index (Phi) is 6.11. The number of fused-ring (bicyclic) bond motifs is 3. The predicted octanol–water partition coefficient (Wildman–Crippen LogP) is 3.64. The number of methoxy groups -OCH3 is 1. The first-order valence-corrected chi connectivity index (χ1v) is 10.8. The van der Waals surface area contributed by atoms with Crippen molar-refractivity contribution in [2.75, 3.05) is 20.3 Å². The van der Waals surface area contributed by atoms with Gasteiger partial charge in [-0.05, 0) is 55.5 Å². The molecule has 0 saturated carbocycles. The predicted molar refractivity (Wildman–Crippen MR) is 115 cm³/mol. The first kappa shape index (κ1) is 19.6. The Bertz CT molecular complexity index is 1030. The summed E-state index contributed by atoms with van der Waals surface area (Å²) in [4.78, 5) is 19.9. The molecule has 0 bridgehead atoms. The van der Waals surface area contributed by atoms with Gasteiger partial charge in [0.15, 0.2) is 0 Å². The van der Waals surface area contributed by atoms with Crippen LogP contribution in [0.3, 0.4) is 0 Å². The van der Waals surface area contributed by atoms with Gasteiger partial charge >= 0.3 is 0 Å². The summed E-state index contributed by atoms with van der Waals surface area (Å²) < 4.78 is 6.80. The Morgan fingerprint density at radius 3 is 3.14 bits per heavy atom. The minimum Gasteiger partial charge on any atom is -0.385 e. The molecule has 0 fully saturated rings. The summed E-state index contributed by atoms with van der Waals surface area (Å²) in [5.41, 5.74) is 2.25. The van der Waals surface area contributed by atoms with Crippen LogP contribution in [0.5, 0.6) is 0 Å². The van der Waals surface area contributed by atoms with Crippen molar-refractivity contribution in [2.24, 2.45) is 0 Å². The molecule has 0 radical (unpaired) electrons. The molecule has 7 heteroatoms. The summed E-state index contributed by atoms with van der Waals surface area (Å²) in [6.45, 7) is 2.23. The van der Waals surface area contributed by atoms with Gasteiger partial charge in [-0.15, -0.1) is 11.3 Å². The Labute approximate surface area is 173 Å². The monoisotopic (exact) mass is 417 g/mol. The van der Waals surface area contributed by atoms with E-state index in [0.29, 0.717) is 17.6 Å². The van der Waals surface area contributed by atoms with Crippen LogP contribution in [0.4, 0.5) is 0 Å². The van der Waals surface area contributed by atoms with Crippen LogP contribution in [0.2, 0.25) is 5.02 Å². The van der Waals surface area contributed by atoms with Crippen LogP contribution >= 0.6 is 22.9 Å². The van der Waals surface area contributed by atoms with E-state index in [1.165, 1.54) is 10.4 Å². The lowest BCUT2D eigenvalue weighted by Crippen LogP contribution is -2.35. The van der Waals surface area contributed by atoms with E-state index >= 15 is 0 Å². The van der Waals surface area contributed by atoms with Crippen LogP contribution in [0.25, 0.3) is 10.2 Å². The van der Waals surface area contributed by atoms with Gasteiger partial charge in [0.05, 0.1) is 18.3 Å². The Hall–Kier alpha value is -1.73. The minimum atomic E-state index is 0.0500. The van der Waals surface area contributed by atoms with E-state index in [4.69, 9.17) is 16.3 Å². The normalized spacial score (nSPS) is 16.4. The zero-order valence-electron chi connectivity index (χ0n) is 15.9. The number of halogens is 1. The highest BCUT2D eigenvalue weighted by atomic mass is 35.5. The average Bonchev–Trinajstić information content (AvgIpc) is 3.06. The van der Waals surface area contributed by atoms with Gasteiger partial charge in [0.1, 0.15) is 4.83 Å². The molecule has 2 heterocycles. The highest BCUT2D eigenvalue weighted by Crippen LogP contribution is 2.33. The van der Waals surface area contributed by atoms with Crippen LogP contribution in [0.15, 0.2) is 35.4 Å². The van der Waals surface area contributed by atoms with Gasteiger partial charge in [-0.3, -0.25) is 9.36 Å². The van der Waals surface area contributed by atoms with Gasteiger partial charge in [-0.2, -0.15) is 0 Å². The maximum absolute atomic E-state index is 13.1. The lowest BCUT2D eigenvalue weighted by Gasteiger charge is -2.23. The average molecular weight is 418 g/mol. The number of nitrogens with one attached hydrogen (secondary N) is 1. The number of thiophene rings is 1. The van der Waals surface area contributed by atoms with E-state index < -0.39 is 0 Å². The summed E-state index contributed by atoms with van der Waals surface area (Å²) in [6.07, 6.45) is 5.62. The third-order valence-corrected chi connectivity index (χ3v) is 6.63. The summed E-state index contributed by atoms with van der Waals surface area (Å²) in [6, 6.07) is 8.07. The van der Waals surface area contributed by atoms with Gasteiger partial charge in [0.2, 0.25) is 0 Å². The number of hydrogen-bond donors (Lipinski definition) is 1. The van der Waals surface area contributed by atoms with Crippen molar-refractivity contribution in [2.45, 2.75) is 38.3 Å². The topological polar surface area (TPSA) is 56.1 Å². The third kappa shape index (κ3) is 4.15. The summed E-state index contributed by atoms with van der Waals surface area (Å²) >= 11 is 7.74. The fourth-order valence-corrected chi connectivity index (χ4v) is 5.31. The van der Waals surface area contributed by atoms with Crippen LogP contribution in [-0.4, -0.2) is 35.9 Å². The molecule has 0 saturated heterocycles. The molecule has 1 aromatic carbocycles. The van der Waals surface area contributed by atoms with Crippen LogP contribution in [-0.2, 0) is 24.1 Å². The van der Waals surface area contributed by atoms with Gasteiger partial charge in [0, 0.05) is 29.7 Å². The highest BCUT2D eigenvalue weighted by molar-refractivity contribution is 7.18. The number of benzene rings is 1. The molecular formula is C21H24ClN3O2S. The first-order chi connectivity index (χ1) is 13.7. The summed E-state index contributed by atoms with van der Waals surface area (Å²) in [7, 11) is 1.73. The molecule has 148 valence electrons. The number of aromatic nitrogens is 2. The quantitative estimate of drug-likeness (QED) is 0.596. The molecule has 1 unspecified atom stereocenters. The molecule has 0 spiro atoms. The van der Waals surface area contributed by atoms with Crippen LogP contribution in [0, 0.1) is 0 Å². The SMILES string of the molecule is COCCCNC1CCc2c(sc3ncn(Cc4cccc(Cl)c4)c(=O)c23)C1. The van der Waals surface area contributed by atoms with E-state index in [1.54, 1.807) is 29.3 Å². The lowest BCUT2D eigenvalue weighted by atomic mass is 9.93. The number of nitrogens with zero attached hydrogens (tertiary/aromatic N) is 2. The maximum Gasteiger partial charge on any atom is 0.262 e. The maximum atomic E-state index is 13.1. The van der Waals surface area contributed by atoms with Crippen molar-refractivity contribution in [3.05, 3.63) is 62.0 Å². The third-order valence-electron chi connectivity index (χ3n) is 5.24. The Balaban J connectivity index is 1.56. The molecule has 5 nitrogen and oxygen atoms in total. The van der Waals surface area contributed by atoms with Crippen molar-refractivity contribution in [1.82, 2.24) is 14.9 Å². The van der Waals surface area contributed by atoms with Crippen molar-refractivity contribution in [3.63, 3.8) is 0 Å². The summed E-state index contributed by atoms with van der Waals surface area (Å²) in [5, 5.41) is 5.10. The second kappa shape index (κ2) is 8.74. The molecule has 0 aliphatic heterocycles. The van der Waals surface area contributed by atoms with Crippen molar-refractivity contribution in [1.29, 1.82) is 0 Å². The van der Waals surface area contributed by atoms with Gasteiger partial charge in [-0.25, -0.2) is 4.98 Å². The minimum absolute atomic E-state index is 0.0500. The lowest BCUT2D eigenvalue weighted by molar-refractivity contribution is 0.193. The van der Waals surface area contributed by atoms with Crippen LogP contribution in [0.1, 0.15) is 28.8 Å². The van der Waals surface area contributed by atoms with E-state index in [2.05, 4.69) is 10.3 Å². The van der Waals surface area contributed by atoms with Crippen LogP contribution < -0.4 is 10.9 Å². The van der Waals surface area contributed by atoms with Gasteiger partial charge in [-0.1, -0.05) is 23.7 Å². The number of hydrogen-bond acceptors (Lipinski definition) is 5. The van der Waals surface area contributed by atoms with Gasteiger partial charge < -0.3 is 10.1 Å². The fraction of sp³-hybridized carbons (Fsp3) is 0.429. The fourth-order valence-electron chi connectivity index (χ4n) is 3.84. The molecule has 28 heavy (non-hydrogen) atoms. The standard InChI is InChI=1S/C21H24ClN3O2S/c1-27-9-3-8-23-16-6-7-17-18(11-16)28-20-19(17)21(26)25(13-24-20)12-14-4-2-5-15(22)10-14/h2,4-5,10,13,16,23H,3,6-9,11-12H2,1H3. The number of aryl methyl sites for hydroxylation is 1. The molecule has 1 aliphatic rings. The zero-order chi connectivity index (χ0) is 19.5. The van der Waals surface area contributed by atoms with Crippen molar-refractivity contribution >= 4 is 33.2 Å². The second-order valence-electron chi connectivity index (χ2n) is 7.23. The number of ether oxygens (including phenoxy) is 1. The van der Waals surface area contributed by atoms with Crippen molar-refractivity contribution in [3.8, 4) is 0 Å². The molecule has 1 aliphatic carbocycles. The summed E-state index contributed by atoms with van der Waals surface area (Å²) in [5.74, 6) is 0. The smallest absolute Gasteiger partial charge is 0.262 e. The van der Waals surface area contributed by atoms with Crippen molar-refractivity contribution < 1.29 is 4.74 Å². The Morgan fingerprint density at radius 1 is 1.43 bits per heavy atom. The molecule has 1 N–H and O–H groups in total. The molecule has 0 amide bonds. The largest absolute Gasteiger partial charge is 0.385 e. The molecule has 2 aromatic heterocycles. The molecule has 4 rings (SSSR count). The van der Waals surface area contributed by atoms with E-state index in [1.807, 2.05) is 24.3 Å². The molecule has 1 atom stereocenters. The number of rotatable bonds is 7. The molecular weight excluding hydrogens is 394 g/mol. The zero-order valence-corrected chi connectivity index (χ0v) is 17.5. The van der Waals surface area contributed by atoms with E-state index in [-0.39, 0.29) is 5.56 Å². The second-order valence-corrected chi connectivity index (χ2v) is 8.75.